The number of hydrogen-bond acceptors (Lipinski definition) is 2. The fraction of sp³-hybridized carbons (Fsp3) is 0.0588. The normalized spacial score (nSPS) is 11.2. The van der Waals surface area contributed by atoms with Crippen molar-refractivity contribution in [3.8, 4) is 0 Å². The molecule has 2 aromatic carbocycles. The lowest BCUT2D eigenvalue weighted by atomic mass is 10.1. The van der Waals surface area contributed by atoms with Gasteiger partial charge in [-0.05, 0) is 36.3 Å². The summed E-state index contributed by atoms with van der Waals surface area (Å²) in [5, 5.41) is 0. The van der Waals surface area contributed by atoms with Crippen molar-refractivity contribution >= 4 is 23.2 Å². The van der Waals surface area contributed by atoms with Crippen molar-refractivity contribution in [1.82, 2.24) is 9.97 Å². The molecule has 1 heterocycles. The highest BCUT2D eigenvalue weighted by Crippen LogP contribution is 2.11. The predicted octanol–water partition coefficient (Wildman–Crippen LogP) is 3.40. The first-order valence-corrected chi connectivity index (χ1v) is 6.47. The summed E-state index contributed by atoms with van der Waals surface area (Å²) in [5.41, 5.74) is 4.05. The third-order valence-corrected chi connectivity index (χ3v) is 3.24. The predicted molar refractivity (Wildman–Crippen MR) is 82.5 cm³/mol. The standard InChI is InChI=1S/C17H14N2O/c1-12-6-2-3-7-13(12)10-11-16-17(20)19-15-9-5-4-8-14(15)18-16/h2-11H,1H3,(H,19,20). The molecule has 3 aromatic rings. The van der Waals surface area contributed by atoms with Crippen LogP contribution in [-0.4, -0.2) is 9.97 Å². The molecule has 0 saturated carbocycles. The van der Waals surface area contributed by atoms with Gasteiger partial charge in [0.25, 0.3) is 5.56 Å². The van der Waals surface area contributed by atoms with Gasteiger partial charge in [0.15, 0.2) is 0 Å². The van der Waals surface area contributed by atoms with Crippen LogP contribution in [-0.2, 0) is 0 Å². The summed E-state index contributed by atoms with van der Waals surface area (Å²) in [6, 6.07) is 15.5. The van der Waals surface area contributed by atoms with Crippen LogP contribution in [0.5, 0.6) is 0 Å². The van der Waals surface area contributed by atoms with E-state index in [0.29, 0.717) is 5.69 Å². The summed E-state index contributed by atoms with van der Waals surface area (Å²) >= 11 is 0. The van der Waals surface area contributed by atoms with E-state index in [2.05, 4.69) is 9.97 Å². The monoisotopic (exact) mass is 262 g/mol. The van der Waals surface area contributed by atoms with Crippen LogP contribution < -0.4 is 5.56 Å². The van der Waals surface area contributed by atoms with Crippen LogP contribution in [0, 0.1) is 6.92 Å². The number of nitrogens with zero attached hydrogens (tertiary/aromatic N) is 1. The fourth-order valence-corrected chi connectivity index (χ4v) is 2.10. The Labute approximate surface area is 116 Å². The van der Waals surface area contributed by atoms with Gasteiger partial charge >= 0.3 is 0 Å². The molecule has 0 amide bonds. The zero-order valence-corrected chi connectivity index (χ0v) is 11.1. The Morgan fingerprint density at radius 1 is 1.00 bits per heavy atom. The summed E-state index contributed by atoms with van der Waals surface area (Å²) in [5.74, 6) is 0. The van der Waals surface area contributed by atoms with Gasteiger partial charge in [0.2, 0.25) is 0 Å². The van der Waals surface area contributed by atoms with Crippen LogP contribution >= 0.6 is 0 Å². The first-order chi connectivity index (χ1) is 9.74. The lowest BCUT2D eigenvalue weighted by Gasteiger charge is -2.00. The topological polar surface area (TPSA) is 45.8 Å². The van der Waals surface area contributed by atoms with E-state index in [4.69, 9.17) is 0 Å². The molecule has 0 bridgehead atoms. The number of benzene rings is 2. The number of aryl methyl sites for hydroxylation is 1. The molecule has 0 atom stereocenters. The van der Waals surface area contributed by atoms with Crippen molar-refractivity contribution in [3.05, 3.63) is 75.7 Å². The molecule has 98 valence electrons. The number of aromatic nitrogens is 2. The highest BCUT2D eigenvalue weighted by molar-refractivity contribution is 5.76. The van der Waals surface area contributed by atoms with Gasteiger partial charge in [0, 0.05) is 0 Å². The van der Waals surface area contributed by atoms with E-state index in [1.165, 1.54) is 5.56 Å². The average Bonchev–Trinajstić information content (AvgIpc) is 2.46. The third kappa shape index (κ3) is 2.38. The van der Waals surface area contributed by atoms with Crippen molar-refractivity contribution in [1.29, 1.82) is 0 Å². The molecule has 3 nitrogen and oxygen atoms in total. The van der Waals surface area contributed by atoms with Crippen LogP contribution in [0.4, 0.5) is 0 Å². The number of aromatic amines is 1. The Kier molecular flexibility index (Phi) is 3.17. The van der Waals surface area contributed by atoms with Crippen molar-refractivity contribution in [2.24, 2.45) is 0 Å². The molecule has 0 radical (unpaired) electrons. The van der Waals surface area contributed by atoms with Crippen molar-refractivity contribution in [2.45, 2.75) is 6.92 Å². The lowest BCUT2D eigenvalue weighted by Crippen LogP contribution is -2.11. The second-order valence-electron chi connectivity index (χ2n) is 4.66. The highest BCUT2D eigenvalue weighted by atomic mass is 16.1. The van der Waals surface area contributed by atoms with E-state index < -0.39 is 0 Å². The molecule has 0 fully saturated rings. The largest absolute Gasteiger partial charge is 0.319 e. The van der Waals surface area contributed by atoms with Gasteiger partial charge < -0.3 is 4.98 Å². The highest BCUT2D eigenvalue weighted by Gasteiger charge is 2.01. The van der Waals surface area contributed by atoms with Crippen LogP contribution in [0.15, 0.2) is 53.3 Å². The number of hydrogen-bond donors (Lipinski definition) is 1. The van der Waals surface area contributed by atoms with Gasteiger partial charge in [0.1, 0.15) is 5.69 Å². The van der Waals surface area contributed by atoms with Crippen LogP contribution in [0.2, 0.25) is 0 Å². The van der Waals surface area contributed by atoms with Crippen molar-refractivity contribution < 1.29 is 0 Å². The zero-order valence-electron chi connectivity index (χ0n) is 11.1. The minimum Gasteiger partial charge on any atom is -0.319 e. The first kappa shape index (κ1) is 12.4. The molecule has 0 spiro atoms. The molecule has 3 rings (SSSR count). The number of H-pyrrole nitrogens is 1. The van der Waals surface area contributed by atoms with Crippen molar-refractivity contribution in [3.63, 3.8) is 0 Å². The Morgan fingerprint density at radius 2 is 1.75 bits per heavy atom. The smallest absolute Gasteiger partial charge is 0.274 e. The van der Waals surface area contributed by atoms with Gasteiger partial charge in [0.05, 0.1) is 11.0 Å². The van der Waals surface area contributed by atoms with Gasteiger partial charge in [-0.15, -0.1) is 0 Å². The second kappa shape index (κ2) is 5.13. The molecule has 0 aliphatic heterocycles. The number of para-hydroxylation sites is 2. The first-order valence-electron chi connectivity index (χ1n) is 6.47. The Morgan fingerprint density at radius 3 is 2.60 bits per heavy atom. The SMILES string of the molecule is Cc1ccccc1C=Cc1nc2ccccc2[nH]c1=O. The molecule has 0 saturated heterocycles. The van der Waals surface area contributed by atoms with Gasteiger partial charge in [-0.25, -0.2) is 4.98 Å². The van der Waals surface area contributed by atoms with Gasteiger partial charge in [-0.1, -0.05) is 42.5 Å². The summed E-state index contributed by atoms with van der Waals surface area (Å²) in [4.78, 5) is 19.2. The molecule has 20 heavy (non-hydrogen) atoms. The maximum absolute atomic E-state index is 12.0. The summed E-state index contributed by atoms with van der Waals surface area (Å²) in [6.45, 7) is 2.04. The number of nitrogens with one attached hydrogen (secondary N) is 1. The molecule has 1 N–H and O–H groups in total. The fourth-order valence-electron chi connectivity index (χ4n) is 2.10. The molecule has 0 unspecified atom stereocenters. The molecule has 0 aliphatic carbocycles. The number of fused-ring (bicyclic) bond motifs is 1. The molecule has 0 aliphatic rings. The molecule has 3 heteroatoms. The van der Waals surface area contributed by atoms with Crippen LogP contribution in [0.1, 0.15) is 16.8 Å². The summed E-state index contributed by atoms with van der Waals surface area (Å²) in [6.07, 6.45) is 3.68. The van der Waals surface area contributed by atoms with E-state index in [0.717, 1.165) is 16.6 Å². The number of rotatable bonds is 2. The van der Waals surface area contributed by atoms with E-state index in [-0.39, 0.29) is 5.56 Å². The Balaban J connectivity index is 2.05. The average molecular weight is 262 g/mol. The Hall–Kier alpha value is -2.68. The Bertz CT molecular complexity index is 847. The van der Waals surface area contributed by atoms with E-state index in [1.54, 1.807) is 6.08 Å². The summed E-state index contributed by atoms with van der Waals surface area (Å²) in [7, 11) is 0. The minimum absolute atomic E-state index is 0.173. The minimum atomic E-state index is -0.173. The van der Waals surface area contributed by atoms with Gasteiger partial charge in [-0.2, -0.15) is 0 Å². The van der Waals surface area contributed by atoms with Crippen molar-refractivity contribution in [2.75, 3.05) is 0 Å². The van der Waals surface area contributed by atoms with E-state index in [1.807, 2.05) is 61.5 Å². The lowest BCUT2D eigenvalue weighted by molar-refractivity contribution is 1.19. The maximum atomic E-state index is 12.0. The van der Waals surface area contributed by atoms with E-state index >= 15 is 0 Å². The third-order valence-electron chi connectivity index (χ3n) is 3.24. The zero-order chi connectivity index (χ0) is 13.9. The second-order valence-corrected chi connectivity index (χ2v) is 4.66. The van der Waals surface area contributed by atoms with E-state index in [9.17, 15) is 4.79 Å². The molecular weight excluding hydrogens is 248 g/mol. The maximum Gasteiger partial charge on any atom is 0.274 e. The summed E-state index contributed by atoms with van der Waals surface area (Å²) < 4.78 is 0. The molecular formula is C17H14N2O. The van der Waals surface area contributed by atoms with Crippen LogP contribution in [0.3, 0.4) is 0 Å². The quantitative estimate of drug-likeness (QED) is 0.769. The van der Waals surface area contributed by atoms with Gasteiger partial charge in [-0.3, -0.25) is 4.79 Å². The van der Waals surface area contributed by atoms with Crippen LogP contribution in [0.25, 0.3) is 23.2 Å². The molecule has 1 aromatic heterocycles.